The predicted molar refractivity (Wildman–Crippen MR) is 186 cm³/mol. The highest BCUT2D eigenvalue weighted by molar-refractivity contribution is 5.89. The van der Waals surface area contributed by atoms with E-state index >= 15 is 8.78 Å². The largest absolute Gasteiger partial charge is 0.467 e. The zero-order valence-corrected chi connectivity index (χ0v) is 28.9. The molecule has 1 aliphatic rings. The Kier molecular flexibility index (Phi) is 13.6. The fourth-order valence-corrected chi connectivity index (χ4v) is 5.79. The van der Waals surface area contributed by atoms with Gasteiger partial charge >= 0.3 is 11.9 Å². The van der Waals surface area contributed by atoms with E-state index in [1.165, 1.54) is 6.92 Å². The number of rotatable bonds is 17. The summed E-state index contributed by atoms with van der Waals surface area (Å²) in [7, 11) is 1.05. The molecule has 6 atom stereocenters. The molecule has 1 heterocycles. The van der Waals surface area contributed by atoms with Crippen molar-refractivity contribution in [3.63, 3.8) is 0 Å². The summed E-state index contributed by atoms with van der Waals surface area (Å²) in [6, 6.07) is 34.6. The molecule has 0 spiro atoms. The summed E-state index contributed by atoms with van der Waals surface area (Å²) in [6.07, 6.45) is -6.04. The van der Waals surface area contributed by atoms with Gasteiger partial charge in [0.25, 0.3) is 11.7 Å². The minimum Gasteiger partial charge on any atom is -0.467 e. The Morgan fingerprint density at radius 3 is 1.62 bits per heavy atom. The molecule has 0 saturated carbocycles. The number of nitrogens with one attached hydrogen (secondary N) is 1. The second kappa shape index (κ2) is 18.3. The molecule has 0 unspecified atom stereocenters. The van der Waals surface area contributed by atoms with E-state index in [0.717, 1.165) is 18.2 Å². The van der Waals surface area contributed by atoms with Gasteiger partial charge in [-0.15, -0.1) is 0 Å². The number of benzene rings is 4. The van der Waals surface area contributed by atoms with Crippen LogP contribution in [0.25, 0.3) is 0 Å². The summed E-state index contributed by atoms with van der Waals surface area (Å²) >= 11 is 0. The molecule has 0 radical (unpaired) electrons. The molecule has 1 saturated heterocycles. The lowest BCUT2D eigenvalue weighted by molar-refractivity contribution is -0.415. The van der Waals surface area contributed by atoms with Crippen molar-refractivity contribution in [1.29, 1.82) is 0 Å². The van der Waals surface area contributed by atoms with Crippen LogP contribution in [-0.4, -0.2) is 72.9 Å². The number of methoxy groups -OCH3 is 1. The number of aliphatic hydroxyl groups is 1. The molecule has 0 bridgehead atoms. The van der Waals surface area contributed by atoms with Crippen LogP contribution in [0.4, 0.5) is 8.78 Å². The number of alkyl halides is 2. The average Bonchev–Trinajstić information content (AvgIpc) is 3.17. The Labute approximate surface area is 301 Å². The molecule has 1 aliphatic heterocycles. The molecule has 1 fully saturated rings. The van der Waals surface area contributed by atoms with Crippen molar-refractivity contribution < 1.29 is 51.9 Å². The van der Waals surface area contributed by atoms with Gasteiger partial charge in [0.15, 0.2) is 0 Å². The van der Waals surface area contributed by atoms with Crippen LogP contribution in [0.1, 0.15) is 29.2 Å². The van der Waals surface area contributed by atoms with Gasteiger partial charge in [-0.3, -0.25) is 4.79 Å². The number of esters is 1. The number of ether oxygens (including phenoxy) is 6. The van der Waals surface area contributed by atoms with Gasteiger partial charge in [-0.2, -0.15) is 8.78 Å². The van der Waals surface area contributed by atoms with E-state index in [-0.39, 0.29) is 33.0 Å². The van der Waals surface area contributed by atoms with E-state index < -0.39 is 54.0 Å². The summed E-state index contributed by atoms with van der Waals surface area (Å²) in [6.45, 7) is 0.581. The van der Waals surface area contributed by atoms with E-state index in [1.807, 2.05) is 72.0 Å². The first kappa shape index (κ1) is 38.7. The molecule has 0 aromatic heterocycles. The summed E-state index contributed by atoms with van der Waals surface area (Å²) in [5.41, 5.74) is 2.87. The highest BCUT2D eigenvalue weighted by Gasteiger charge is 2.71. The molecule has 2 N–H and O–H groups in total. The quantitative estimate of drug-likeness (QED) is 0.139. The van der Waals surface area contributed by atoms with Crippen molar-refractivity contribution in [2.45, 2.75) is 75.5 Å². The SMILES string of the molecule is COC(=O)[C@H](C)NC(=O)C(F)(F)[C@]1(O)O[C@H](COCc2ccccc2)[C@@H](OCc2ccccc2)[C@H](OCc2ccccc2)[C@H]1OCc1ccccc1. The van der Waals surface area contributed by atoms with E-state index in [9.17, 15) is 14.7 Å². The normalized spacial score (nSPS) is 22.3. The second-order valence-electron chi connectivity index (χ2n) is 12.4. The lowest BCUT2D eigenvalue weighted by Crippen LogP contribution is -2.75. The number of hydrogen-bond acceptors (Lipinski definition) is 9. The Bertz CT molecular complexity index is 1680. The van der Waals surface area contributed by atoms with Gasteiger partial charge in [0.05, 0.1) is 40.1 Å². The Morgan fingerprint density at radius 2 is 1.15 bits per heavy atom. The van der Waals surface area contributed by atoms with Gasteiger partial charge in [0.1, 0.15) is 30.5 Å². The summed E-state index contributed by atoms with van der Waals surface area (Å²) < 4.78 is 68.9. The molecule has 12 heteroatoms. The zero-order valence-electron chi connectivity index (χ0n) is 28.9. The van der Waals surface area contributed by atoms with Crippen molar-refractivity contribution in [2.24, 2.45) is 0 Å². The minimum absolute atomic E-state index is 0.0204. The van der Waals surface area contributed by atoms with Gasteiger partial charge in [0.2, 0.25) is 0 Å². The summed E-state index contributed by atoms with van der Waals surface area (Å²) in [5, 5.41) is 14.1. The molecule has 0 aliphatic carbocycles. The molecule has 5 rings (SSSR count). The highest BCUT2D eigenvalue weighted by atomic mass is 19.3. The van der Waals surface area contributed by atoms with Gasteiger partial charge in [-0.1, -0.05) is 121 Å². The number of halogens is 2. The van der Waals surface area contributed by atoms with Crippen LogP contribution in [-0.2, 0) is 64.4 Å². The van der Waals surface area contributed by atoms with Crippen LogP contribution in [0, 0.1) is 0 Å². The van der Waals surface area contributed by atoms with Gasteiger partial charge in [0, 0.05) is 0 Å². The molecular formula is C40H43F2NO9. The van der Waals surface area contributed by atoms with Crippen LogP contribution < -0.4 is 5.32 Å². The third-order valence-electron chi connectivity index (χ3n) is 8.58. The van der Waals surface area contributed by atoms with Gasteiger partial charge in [-0.25, -0.2) is 4.79 Å². The van der Waals surface area contributed by atoms with Crippen molar-refractivity contribution >= 4 is 11.9 Å². The molecule has 1 amide bonds. The zero-order chi connectivity index (χ0) is 37.0. The smallest absolute Gasteiger partial charge is 0.379 e. The first-order valence-corrected chi connectivity index (χ1v) is 16.9. The fraction of sp³-hybridized carbons (Fsp3) is 0.350. The van der Waals surface area contributed by atoms with E-state index in [2.05, 4.69) is 4.74 Å². The number of hydrogen-bond donors (Lipinski definition) is 2. The van der Waals surface area contributed by atoms with Crippen molar-refractivity contribution in [2.75, 3.05) is 13.7 Å². The maximum absolute atomic E-state index is 16.7. The third-order valence-corrected chi connectivity index (χ3v) is 8.58. The Balaban J connectivity index is 1.56. The van der Waals surface area contributed by atoms with E-state index in [4.69, 9.17) is 23.7 Å². The third kappa shape index (κ3) is 9.65. The number of carbonyl (C=O) groups is 2. The van der Waals surface area contributed by atoms with Gasteiger partial charge in [-0.05, 0) is 29.2 Å². The van der Waals surface area contributed by atoms with E-state index in [1.54, 1.807) is 54.6 Å². The van der Waals surface area contributed by atoms with E-state index in [0.29, 0.717) is 11.1 Å². The number of carbonyl (C=O) groups excluding carboxylic acids is 2. The molecule has 276 valence electrons. The molecule has 4 aromatic rings. The molecule has 10 nitrogen and oxygen atoms in total. The van der Waals surface area contributed by atoms with Crippen LogP contribution in [0.2, 0.25) is 0 Å². The predicted octanol–water partition coefficient (Wildman–Crippen LogP) is 5.36. The number of amides is 1. The fourth-order valence-electron chi connectivity index (χ4n) is 5.79. The van der Waals surface area contributed by atoms with Gasteiger partial charge < -0.3 is 38.8 Å². The lowest BCUT2D eigenvalue weighted by Gasteiger charge is -2.51. The minimum atomic E-state index is -4.72. The maximum Gasteiger partial charge on any atom is 0.379 e. The maximum atomic E-state index is 16.7. The van der Waals surface area contributed by atoms with Crippen molar-refractivity contribution in [1.82, 2.24) is 5.32 Å². The van der Waals surface area contributed by atoms with Crippen LogP contribution in [0.5, 0.6) is 0 Å². The highest BCUT2D eigenvalue weighted by Crippen LogP contribution is 2.44. The molecular weight excluding hydrogens is 676 g/mol. The molecule has 4 aromatic carbocycles. The standard InChI is InChI=1S/C40H43F2NO9/c1-28(37(44)47-2)43-38(45)39(41,42)40(46)36(51-26-32-21-13-6-14-22-32)35(50-25-31-19-11-5-12-20-31)34(49-24-30-17-9-4-10-18-30)33(52-40)27-48-23-29-15-7-3-8-16-29/h3-22,28,33-36,46H,23-27H2,1-2H3,(H,43,45)/t28-,33+,34+,35-,36+,40+/m0/s1. The Hall–Kier alpha value is -4.56. The monoisotopic (exact) mass is 719 g/mol. The average molecular weight is 720 g/mol. The Morgan fingerprint density at radius 1 is 0.731 bits per heavy atom. The first-order valence-electron chi connectivity index (χ1n) is 16.9. The lowest BCUT2D eigenvalue weighted by atomic mass is 9.87. The topological polar surface area (TPSA) is 122 Å². The van der Waals surface area contributed by atoms with Crippen LogP contribution >= 0.6 is 0 Å². The second-order valence-corrected chi connectivity index (χ2v) is 12.4. The summed E-state index contributed by atoms with van der Waals surface area (Å²) in [5.74, 6) is -11.3. The van der Waals surface area contributed by atoms with Crippen molar-refractivity contribution in [3.8, 4) is 0 Å². The van der Waals surface area contributed by atoms with Crippen molar-refractivity contribution in [3.05, 3.63) is 144 Å². The molecule has 52 heavy (non-hydrogen) atoms. The first-order chi connectivity index (χ1) is 25.1. The summed E-state index contributed by atoms with van der Waals surface area (Å²) in [4.78, 5) is 25.4. The van der Waals surface area contributed by atoms with Crippen LogP contribution in [0.3, 0.4) is 0 Å². The van der Waals surface area contributed by atoms with Crippen LogP contribution in [0.15, 0.2) is 121 Å².